The van der Waals surface area contributed by atoms with E-state index in [9.17, 15) is 55.9 Å². The number of ether oxygens (including phenoxy) is 11. The van der Waals surface area contributed by atoms with Gasteiger partial charge < -0.3 is 103 Å². The maximum absolute atomic E-state index is 12.3. The van der Waals surface area contributed by atoms with Gasteiger partial charge in [-0.05, 0) is 100 Å². The first kappa shape index (κ1) is 57.6. The zero-order chi connectivity index (χ0) is 55.0. The molecule has 0 aromatic rings. The fourth-order valence-electron chi connectivity index (χ4n) is 17.1. The summed E-state index contributed by atoms with van der Waals surface area (Å²) in [5.74, 6) is -1.01. The molecule has 6 saturated heterocycles. The first-order valence-electron chi connectivity index (χ1n) is 27.7. The van der Waals surface area contributed by atoms with Crippen LogP contribution in [0, 0.1) is 45.3 Å². The van der Waals surface area contributed by atoms with Gasteiger partial charge in [-0.1, -0.05) is 39.3 Å². The zero-order valence-electron chi connectivity index (χ0n) is 45.3. The highest BCUT2D eigenvalue weighted by molar-refractivity contribution is 5.65. The SMILES string of the molecule is CC(=O)OC[C@H]1O[C@@H](O[C@@H]2[C@@H](O[C@@H]3O[C@@H](C)[C@H](O)[C@@H](O)[C@H]3O)[C@H](O[C@H]3CC[C@]4(C)[C@H]5CCC6C7[C@]8(C[C@@]6(CO8)[C@]5(C)CC[C@H]4C3(C)C)O[C@H](C=C(C)C)C[C@]7(C)O)OC[C@@H]2O)[C@H](O[C@@H]2OC[C@@H](O)[C@H](O)[C@H]2O)[C@@H](O)[C@@H]1O. The first-order chi connectivity index (χ1) is 35.6. The van der Waals surface area contributed by atoms with E-state index in [4.69, 9.17) is 52.1 Å². The van der Waals surface area contributed by atoms with Gasteiger partial charge in [0.15, 0.2) is 30.9 Å². The van der Waals surface area contributed by atoms with Crippen LogP contribution in [0.4, 0.5) is 0 Å². The predicted octanol–water partition coefficient (Wildman–Crippen LogP) is 0.0284. The predicted molar refractivity (Wildman–Crippen MR) is 260 cm³/mol. The van der Waals surface area contributed by atoms with Crippen molar-refractivity contribution >= 4 is 5.97 Å². The Kier molecular flexibility index (Phi) is 15.7. The summed E-state index contributed by atoms with van der Waals surface area (Å²) >= 11 is 0. The molecular formula is C54H86O22. The molecule has 76 heavy (non-hydrogen) atoms. The van der Waals surface area contributed by atoms with Gasteiger partial charge in [-0.2, -0.15) is 0 Å². The number of aliphatic hydroxyl groups excluding tert-OH is 9. The number of esters is 1. The quantitative estimate of drug-likeness (QED) is 0.0741. The second kappa shape index (κ2) is 20.7. The van der Waals surface area contributed by atoms with Crippen LogP contribution in [0.2, 0.25) is 0 Å². The fraction of sp³-hybridized carbons (Fsp3) is 0.944. The minimum Gasteiger partial charge on any atom is -0.463 e. The number of fused-ring (bicyclic) bond motifs is 4. The number of carbonyl (C=O) groups is 1. The molecule has 2 unspecified atom stereocenters. The molecule has 6 heterocycles. The smallest absolute Gasteiger partial charge is 0.302 e. The molecule has 0 aromatic carbocycles. The van der Waals surface area contributed by atoms with Crippen LogP contribution in [0.5, 0.6) is 0 Å². The maximum atomic E-state index is 12.3. The maximum Gasteiger partial charge on any atom is 0.302 e. The van der Waals surface area contributed by atoms with E-state index in [0.717, 1.165) is 51.0 Å². The van der Waals surface area contributed by atoms with E-state index in [1.165, 1.54) is 6.92 Å². The lowest BCUT2D eigenvalue weighted by Gasteiger charge is -2.70. The van der Waals surface area contributed by atoms with Crippen LogP contribution in [-0.2, 0) is 56.9 Å². The molecule has 10 rings (SSSR count). The van der Waals surface area contributed by atoms with E-state index in [-0.39, 0.29) is 40.1 Å². The topological polar surface area (TPSA) is 321 Å². The van der Waals surface area contributed by atoms with Gasteiger partial charge in [0, 0.05) is 31.1 Å². The van der Waals surface area contributed by atoms with Crippen LogP contribution in [0.15, 0.2) is 11.6 Å². The molecule has 0 radical (unpaired) electrons. The number of hydrogen-bond acceptors (Lipinski definition) is 22. The molecule has 434 valence electrons. The van der Waals surface area contributed by atoms with Gasteiger partial charge in [-0.25, -0.2) is 0 Å². The van der Waals surface area contributed by atoms with E-state index < -0.39 is 159 Å². The molecular weight excluding hydrogens is 1000 g/mol. The van der Waals surface area contributed by atoms with E-state index in [2.05, 4.69) is 47.6 Å². The minimum atomic E-state index is -1.91. The molecule has 4 saturated carbocycles. The van der Waals surface area contributed by atoms with E-state index in [1.54, 1.807) is 0 Å². The van der Waals surface area contributed by atoms with Crippen molar-refractivity contribution in [2.24, 2.45) is 45.3 Å². The molecule has 2 spiro atoms. The van der Waals surface area contributed by atoms with Crippen LogP contribution in [-0.4, -0.2) is 218 Å². The molecule has 22 nitrogen and oxygen atoms in total. The van der Waals surface area contributed by atoms with Crippen LogP contribution >= 0.6 is 0 Å². The van der Waals surface area contributed by atoms with Crippen LogP contribution in [0.1, 0.15) is 114 Å². The summed E-state index contributed by atoms with van der Waals surface area (Å²) in [5.41, 5.74) is -0.785. The van der Waals surface area contributed by atoms with Gasteiger partial charge in [0.25, 0.3) is 0 Å². The summed E-state index contributed by atoms with van der Waals surface area (Å²) in [7, 11) is 0. The largest absolute Gasteiger partial charge is 0.463 e. The van der Waals surface area contributed by atoms with Crippen LogP contribution < -0.4 is 0 Å². The highest BCUT2D eigenvalue weighted by Crippen LogP contribution is 2.80. The average Bonchev–Trinajstić information content (AvgIpc) is 4.02. The molecule has 2 bridgehead atoms. The Bertz CT molecular complexity index is 2130. The lowest BCUT2D eigenvalue weighted by atomic mass is 9.35. The third kappa shape index (κ3) is 9.38. The van der Waals surface area contributed by atoms with Gasteiger partial charge in [0.05, 0.1) is 43.7 Å². The normalized spacial score (nSPS) is 55.6. The second-order valence-corrected chi connectivity index (χ2v) is 25.9. The second-order valence-electron chi connectivity index (χ2n) is 25.9. The number of carbonyl (C=O) groups excluding carboxylic acids is 1. The summed E-state index contributed by atoms with van der Waals surface area (Å²) in [4.78, 5) is 11.9. The van der Waals surface area contributed by atoms with Crippen LogP contribution in [0.3, 0.4) is 0 Å². The number of aliphatic hydroxyl groups is 10. The number of allylic oxidation sites excluding steroid dienone is 1. The van der Waals surface area contributed by atoms with E-state index in [1.807, 2.05) is 6.92 Å². The monoisotopic (exact) mass is 1090 g/mol. The van der Waals surface area contributed by atoms with Crippen molar-refractivity contribution in [3.63, 3.8) is 0 Å². The van der Waals surface area contributed by atoms with Crippen molar-refractivity contribution in [2.45, 2.75) is 248 Å². The van der Waals surface area contributed by atoms with Crippen molar-refractivity contribution in [3.05, 3.63) is 11.6 Å². The highest BCUT2D eigenvalue weighted by Gasteiger charge is 2.81. The Morgan fingerprint density at radius 1 is 0.658 bits per heavy atom. The lowest BCUT2D eigenvalue weighted by molar-refractivity contribution is -0.399. The molecule has 4 aliphatic carbocycles. The van der Waals surface area contributed by atoms with Gasteiger partial charge >= 0.3 is 5.97 Å². The van der Waals surface area contributed by atoms with Crippen molar-refractivity contribution in [1.82, 2.24) is 0 Å². The molecule has 10 aliphatic rings. The van der Waals surface area contributed by atoms with Gasteiger partial charge in [0.1, 0.15) is 86.0 Å². The highest BCUT2D eigenvalue weighted by atomic mass is 16.8. The van der Waals surface area contributed by atoms with Crippen molar-refractivity contribution in [2.75, 3.05) is 26.4 Å². The molecule has 0 amide bonds. The molecule has 10 fully saturated rings. The first-order valence-corrected chi connectivity index (χ1v) is 27.7. The van der Waals surface area contributed by atoms with Gasteiger partial charge in [-0.15, -0.1) is 0 Å². The summed E-state index contributed by atoms with van der Waals surface area (Å²) in [6.45, 7) is 17.2. The Morgan fingerprint density at radius 2 is 1.33 bits per heavy atom. The number of rotatable bonds is 11. The van der Waals surface area contributed by atoms with E-state index in [0.29, 0.717) is 25.4 Å². The molecule has 29 atom stereocenters. The fourth-order valence-corrected chi connectivity index (χ4v) is 17.1. The standard InChI is InChI=1S/C54H86O22/c1-23(2)16-26-17-52(9,65)44-27-10-11-32-50(7)14-13-33(49(5,6)31(50)12-15-51(32,8)53(27)21-54(44,76-26)69-22-53)72-47-43(75-46-40(64)37(61)34(58)24(3)70-46)41(29(57)19-68-47)73-48-42(74-45-39(63)35(59)28(56)18-67-45)38(62)36(60)30(71-48)20-66-25(4)55/h16,24,26-48,56-65H,10-15,17-22H2,1-9H3/t24-,26+,27?,28+,29-,30+,31-,32+,33-,34-,35-,36+,37+,38-,39+,40+,41-,42+,43+,44?,45-,46-,47-,48-,50-,51+,52-,53-,54-/m0/s1. The Labute approximate surface area is 444 Å². The molecule has 0 aromatic heterocycles. The summed E-state index contributed by atoms with van der Waals surface area (Å²) in [6.07, 6.45) is -21.4. The summed E-state index contributed by atoms with van der Waals surface area (Å²) in [6, 6.07) is 0. The average molecular weight is 1090 g/mol. The molecule has 10 N–H and O–H groups in total. The number of hydrogen-bond donors (Lipinski definition) is 10. The van der Waals surface area contributed by atoms with Crippen molar-refractivity contribution < 1.29 is 108 Å². The summed E-state index contributed by atoms with van der Waals surface area (Å²) < 4.78 is 69.0. The van der Waals surface area contributed by atoms with Gasteiger partial charge in [0.2, 0.25) is 0 Å². The van der Waals surface area contributed by atoms with Crippen molar-refractivity contribution in [3.8, 4) is 0 Å². The molecule has 6 aliphatic heterocycles. The van der Waals surface area contributed by atoms with E-state index >= 15 is 0 Å². The Morgan fingerprint density at radius 3 is 2.04 bits per heavy atom. The molecule has 22 heteroatoms. The Balaban J connectivity index is 0.927. The van der Waals surface area contributed by atoms with Crippen molar-refractivity contribution in [1.29, 1.82) is 0 Å². The Hall–Kier alpha value is -1.59. The minimum absolute atomic E-state index is 0.120. The third-order valence-electron chi connectivity index (χ3n) is 20.7. The lowest BCUT2D eigenvalue weighted by Crippen LogP contribution is -2.68. The zero-order valence-corrected chi connectivity index (χ0v) is 45.3. The summed E-state index contributed by atoms with van der Waals surface area (Å²) in [5, 5.41) is 111. The third-order valence-corrected chi connectivity index (χ3v) is 20.7. The van der Waals surface area contributed by atoms with Crippen LogP contribution in [0.25, 0.3) is 0 Å². The van der Waals surface area contributed by atoms with Gasteiger partial charge in [-0.3, -0.25) is 4.79 Å².